The molecule has 1 amide bonds. The van der Waals surface area contributed by atoms with Gasteiger partial charge in [-0.05, 0) is 29.7 Å². The van der Waals surface area contributed by atoms with Crippen molar-refractivity contribution in [3.05, 3.63) is 77.9 Å². The first-order chi connectivity index (χ1) is 10.1. The van der Waals surface area contributed by atoms with Crippen molar-refractivity contribution in [1.82, 2.24) is 0 Å². The van der Waals surface area contributed by atoms with E-state index >= 15 is 0 Å². The number of nitrogens with one attached hydrogen (secondary N) is 1. The van der Waals surface area contributed by atoms with Gasteiger partial charge in [0.25, 0.3) is 0 Å². The summed E-state index contributed by atoms with van der Waals surface area (Å²) in [6.07, 6.45) is 2.62. The molecule has 0 bridgehead atoms. The maximum absolute atomic E-state index is 11.4. The maximum atomic E-state index is 11.4. The van der Waals surface area contributed by atoms with Crippen molar-refractivity contribution in [3.63, 3.8) is 0 Å². The standard InChI is InChI=1S/C17H15NO3/c19-16(10-11-17(20)21)18-15-8-6-14(7-9-15)12-13-4-2-1-3-5-13/h1-11H,12H2,(H,18,19)(H,20,21)/b11-10+. The highest BCUT2D eigenvalue weighted by atomic mass is 16.4. The van der Waals surface area contributed by atoms with E-state index in [-0.39, 0.29) is 0 Å². The van der Waals surface area contributed by atoms with Gasteiger partial charge in [0.15, 0.2) is 0 Å². The fourth-order valence-corrected chi connectivity index (χ4v) is 1.87. The van der Waals surface area contributed by atoms with Crippen LogP contribution in [-0.2, 0) is 16.0 Å². The molecule has 21 heavy (non-hydrogen) atoms. The predicted molar refractivity (Wildman–Crippen MR) is 81.1 cm³/mol. The molecular formula is C17H15NO3. The van der Waals surface area contributed by atoms with Crippen molar-refractivity contribution in [2.45, 2.75) is 6.42 Å². The highest BCUT2D eigenvalue weighted by Crippen LogP contribution is 2.13. The number of benzene rings is 2. The third-order valence-electron chi connectivity index (χ3n) is 2.85. The van der Waals surface area contributed by atoms with Gasteiger partial charge in [0.1, 0.15) is 0 Å². The molecule has 0 radical (unpaired) electrons. The zero-order chi connectivity index (χ0) is 15.1. The summed E-state index contributed by atoms with van der Waals surface area (Å²) in [6.45, 7) is 0. The van der Waals surface area contributed by atoms with Crippen LogP contribution in [0.2, 0.25) is 0 Å². The second-order valence-corrected chi connectivity index (χ2v) is 4.52. The molecule has 4 heteroatoms. The predicted octanol–water partition coefficient (Wildman–Crippen LogP) is 2.86. The summed E-state index contributed by atoms with van der Waals surface area (Å²) in [4.78, 5) is 21.7. The molecule has 0 unspecified atom stereocenters. The van der Waals surface area contributed by atoms with Crippen molar-refractivity contribution >= 4 is 17.6 Å². The van der Waals surface area contributed by atoms with Crippen LogP contribution in [0.5, 0.6) is 0 Å². The molecule has 0 heterocycles. The summed E-state index contributed by atoms with van der Waals surface area (Å²) in [5.74, 6) is -1.61. The average molecular weight is 281 g/mol. The Kier molecular flexibility index (Phi) is 4.88. The van der Waals surface area contributed by atoms with E-state index < -0.39 is 11.9 Å². The van der Waals surface area contributed by atoms with Gasteiger partial charge in [-0.25, -0.2) is 4.79 Å². The minimum Gasteiger partial charge on any atom is -0.478 e. The van der Waals surface area contributed by atoms with Crippen molar-refractivity contribution in [1.29, 1.82) is 0 Å². The Morgan fingerprint density at radius 3 is 2.14 bits per heavy atom. The summed E-state index contributed by atoms with van der Waals surface area (Å²) >= 11 is 0. The van der Waals surface area contributed by atoms with Gasteiger partial charge in [-0.3, -0.25) is 4.79 Å². The number of carboxylic acid groups (broad SMARTS) is 1. The smallest absolute Gasteiger partial charge is 0.328 e. The quantitative estimate of drug-likeness (QED) is 0.828. The molecule has 0 saturated heterocycles. The molecule has 0 atom stereocenters. The molecule has 0 saturated carbocycles. The minimum atomic E-state index is -1.15. The molecule has 2 aromatic rings. The number of anilines is 1. The van der Waals surface area contributed by atoms with Crippen LogP contribution < -0.4 is 5.32 Å². The lowest BCUT2D eigenvalue weighted by molar-refractivity contribution is -0.131. The van der Waals surface area contributed by atoms with Gasteiger partial charge in [-0.1, -0.05) is 42.5 Å². The third-order valence-corrected chi connectivity index (χ3v) is 2.85. The number of carbonyl (C=O) groups is 2. The summed E-state index contributed by atoms with van der Waals surface area (Å²) in [7, 11) is 0. The lowest BCUT2D eigenvalue weighted by atomic mass is 10.0. The molecule has 106 valence electrons. The molecule has 0 aromatic heterocycles. The number of hydrogen-bond acceptors (Lipinski definition) is 2. The zero-order valence-corrected chi connectivity index (χ0v) is 11.3. The average Bonchev–Trinajstić information content (AvgIpc) is 2.48. The SMILES string of the molecule is O=C(O)/C=C/C(=O)Nc1ccc(Cc2ccccc2)cc1. The molecule has 2 N–H and O–H groups in total. The second kappa shape index (κ2) is 7.05. The van der Waals surface area contributed by atoms with Crippen LogP contribution in [0.25, 0.3) is 0 Å². The Hall–Kier alpha value is -2.88. The van der Waals surface area contributed by atoms with Crippen molar-refractivity contribution in [2.75, 3.05) is 5.32 Å². The van der Waals surface area contributed by atoms with Gasteiger partial charge in [-0.2, -0.15) is 0 Å². The highest BCUT2D eigenvalue weighted by Gasteiger charge is 2.00. The van der Waals surface area contributed by atoms with Crippen molar-refractivity contribution in [2.24, 2.45) is 0 Å². The van der Waals surface area contributed by atoms with E-state index in [1.54, 1.807) is 12.1 Å². The van der Waals surface area contributed by atoms with Crippen LogP contribution in [0.4, 0.5) is 5.69 Å². The molecule has 4 nitrogen and oxygen atoms in total. The third kappa shape index (κ3) is 4.95. The van der Waals surface area contributed by atoms with Gasteiger partial charge in [0.2, 0.25) is 5.91 Å². The minimum absolute atomic E-state index is 0.465. The Bertz CT molecular complexity index is 645. The van der Waals surface area contributed by atoms with Crippen LogP contribution >= 0.6 is 0 Å². The van der Waals surface area contributed by atoms with Crippen molar-refractivity contribution in [3.8, 4) is 0 Å². The normalized spacial score (nSPS) is 10.5. The largest absolute Gasteiger partial charge is 0.478 e. The van der Waals surface area contributed by atoms with Crippen LogP contribution in [0.15, 0.2) is 66.7 Å². The molecule has 2 rings (SSSR count). The molecule has 2 aromatic carbocycles. The fourth-order valence-electron chi connectivity index (χ4n) is 1.87. The Morgan fingerprint density at radius 1 is 0.905 bits per heavy atom. The van der Waals surface area contributed by atoms with E-state index in [1.165, 1.54) is 5.56 Å². The number of amides is 1. The fraction of sp³-hybridized carbons (Fsp3) is 0.0588. The monoisotopic (exact) mass is 281 g/mol. The summed E-state index contributed by atoms with van der Waals surface area (Å²) in [6, 6.07) is 17.6. The Morgan fingerprint density at radius 2 is 1.52 bits per heavy atom. The topological polar surface area (TPSA) is 66.4 Å². The molecular weight excluding hydrogens is 266 g/mol. The number of carbonyl (C=O) groups excluding carboxylic acids is 1. The number of carboxylic acids is 1. The molecule has 0 fully saturated rings. The van der Waals surface area contributed by atoms with Gasteiger partial charge in [0.05, 0.1) is 0 Å². The summed E-state index contributed by atoms with van der Waals surface area (Å²) < 4.78 is 0. The number of aliphatic carboxylic acids is 1. The van der Waals surface area contributed by atoms with E-state index in [4.69, 9.17) is 5.11 Å². The molecule has 0 aliphatic carbocycles. The summed E-state index contributed by atoms with van der Waals surface area (Å²) in [5.41, 5.74) is 2.99. The maximum Gasteiger partial charge on any atom is 0.328 e. The van der Waals surface area contributed by atoms with Crippen LogP contribution in [0.1, 0.15) is 11.1 Å². The first-order valence-electron chi connectivity index (χ1n) is 6.48. The first kappa shape index (κ1) is 14.5. The second-order valence-electron chi connectivity index (χ2n) is 4.52. The Balaban J connectivity index is 1.96. The van der Waals surface area contributed by atoms with Gasteiger partial charge >= 0.3 is 5.97 Å². The van der Waals surface area contributed by atoms with Gasteiger partial charge in [0, 0.05) is 17.8 Å². The van der Waals surface area contributed by atoms with Gasteiger partial charge in [-0.15, -0.1) is 0 Å². The van der Waals surface area contributed by atoms with E-state index in [0.29, 0.717) is 5.69 Å². The highest BCUT2D eigenvalue weighted by molar-refractivity contribution is 6.02. The molecule has 0 spiro atoms. The number of rotatable bonds is 5. The van der Waals surface area contributed by atoms with E-state index in [0.717, 1.165) is 24.1 Å². The van der Waals surface area contributed by atoms with Crippen LogP contribution in [0.3, 0.4) is 0 Å². The number of hydrogen-bond donors (Lipinski definition) is 2. The van der Waals surface area contributed by atoms with E-state index in [9.17, 15) is 9.59 Å². The lowest BCUT2D eigenvalue weighted by Crippen LogP contribution is -2.08. The zero-order valence-electron chi connectivity index (χ0n) is 11.3. The summed E-state index contributed by atoms with van der Waals surface area (Å²) in [5, 5.41) is 11.0. The molecule has 0 aliphatic heterocycles. The van der Waals surface area contributed by atoms with E-state index in [2.05, 4.69) is 17.4 Å². The van der Waals surface area contributed by atoms with E-state index in [1.807, 2.05) is 30.3 Å². The van der Waals surface area contributed by atoms with Crippen LogP contribution in [-0.4, -0.2) is 17.0 Å². The van der Waals surface area contributed by atoms with Crippen molar-refractivity contribution < 1.29 is 14.7 Å². The Labute approximate surface area is 122 Å². The van der Waals surface area contributed by atoms with Gasteiger partial charge < -0.3 is 10.4 Å². The molecule has 0 aliphatic rings. The van der Waals surface area contributed by atoms with Crippen LogP contribution in [0, 0.1) is 0 Å². The lowest BCUT2D eigenvalue weighted by Gasteiger charge is -2.05. The first-order valence-corrected chi connectivity index (χ1v) is 6.48.